The summed E-state index contributed by atoms with van der Waals surface area (Å²) < 4.78 is 147. The van der Waals surface area contributed by atoms with Crippen molar-refractivity contribution >= 4 is 13.2 Å². The van der Waals surface area contributed by atoms with Crippen LogP contribution in [0.25, 0.3) is 0 Å². The summed E-state index contributed by atoms with van der Waals surface area (Å²) >= 11 is 0. The average Bonchev–Trinajstić information content (AvgIpc) is 2.67. The Morgan fingerprint density at radius 1 is 0.679 bits per heavy atom. The van der Waals surface area contributed by atoms with Crippen LogP contribution >= 0.6 is 7.92 Å². The average molecular weight is 448 g/mol. The molecule has 1 aromatic carbocycles. The van der Waals surface area contributed by atoms with Crippen molar-refractivity contribution in [1.82, 2.24) is 0 Å². The Balaban J connectivity index is 2.91. The van der Waals surface area contributed by atoms with Crippen molar-refractivity contribution in [2.24, 2.45) is 0 Å². The largest absolute Gasteiger partial charge is 0.251 e. The molecule has 0 spiro atoms. The third-order valence-electron chi connectivity index (χ3n) is 3.93. The first kappa shape index (κ1) is 24.9. The fourth-order valence-electron chi connectivity index (χ4n) is 2.39. The zero-order valence-corrected chi connectivity index (χ0v) is 15.2. The van der Waals surface area contributed by atoms with E-state index in [1.807, 2.05) is 0 Å². The Bertz CT molecular complexity index is 627. The minimum absolute atomic E-state index is 0.467. The number of rotatable bonds is 10. The summed E-state index contributed by atoms with van der Waals surface area (Å²) in [7, 11) is -2.55. The topological polar surface area (TPSA) is 0 Å². The molecule has 0 saturated carbocycles. The minimum Gasteiger partial charge on any atom is -0.251 e. The van der Waals surface area contributed by atoms with E-state index in [0.29, 0.717) is 0 Å². The molecule has 6 atom stereocenters. The van der Waals surface area contributed by atoms with Gasteiger partial charge >= 0.3 is 0 Å². The molecule has 1 aromatic rings. The van der Waals surface area contributed by atoms with E-state index in [1.165, 1.54) is 0 Å². The minimum atomic E-state index is -3.30. The maximum absolute atomic E-state index is 13.9. The third-order valence-corrected chi connectivity index (χ3v) is 5.98. The first-order chi connectivity index (χ1) is 12.9. The standard InChI is InChI=1S/C16H16F11P/c1-28(16-14(26)12(24)11(23)13(25)15(16)27)5-7(19)9(21)10(22)8(20)6(18)3-2-4-17/h6-10H,2-5H2,1H3. The summed E-state index contributed by atoms with van der Waals surface area (Å²) in [5.74, 6) is -11.5. The third kappa shape index (κ3) is 5.48. The maximum atomic E-state index is 13.9. The molecule has 0 aliphatic rings. The summed E-state index contributed by atoms with van der Waals surface area (Å²) in [6.45, 7) is -0.177. The molecule has 0 radical (unpaired) electrons. The van der Waals surface area contributed by atoms with E-state index < -0.39 is 98.8 Å². The second-order valence-corrected chi connectivity index (χ2v) is 8.20. The lowest BCUT2D eigenvalue weighted by atomic mass is 10.0. The highest BCUT2D eigenvalue weighted by molar-refractivity contribution is 7.64. The van der Waals surface area contributed by atoms with Crippen molar-refractivity contribution in [1.29, 1.82) is 0 Å². The number of benzene rings is 1. The molecule has 0 fully saturated rings. The van der Waals surface area contributed by atoms with Crippen LogP contribution in [0.5, 0.6) is 0 Å². The summed E-state index contributed by atoms with van der Waals surface area (Å²) in [4.78, 5) is 0. The van der Waals surface area contributed by atoms with Gasteiger partial charge in [0.05, 0.1) is 12.0 Å². The highest BCUT2D eigenvalue weighted by Gasteiger charge is 2.41. The molecule has 0 nitrogen and oxygen atoms in total. The van der Waals surface area contributed by atoms with Crippen molar-refractivity contribution in [3.63, 3.8) is 0 Å². The zero-order valence-electron chi connectivity index (χ0n) is 14.3. The predicted octanol–water partition coefficient (Wildman–Crippen LogP) is 5.56. The molecular weight excluding hydrogens is 432 g/mol. The van der Waals surface area contributed by atoms with Gasteiger partial charge in [-0.1, -0.05) is 7.92 Å². The number of halogens is 11. The first-order valence-electron chi connectivity index (χ1n) is 7.94. The van der Waals surface area contributed by atoms with Crippen LogP contribution in [0, 0.1) is 29.1 Å². The van der Waals surface area contributed by atoms with Gasteiger partial charge in [-0.15, -0.1) is 0 Å². The van der Waals surface area contributed by atoms with Crippen molar-refractivity contribution in [2.45, 2.75) is 43.7 Å². The second kappa shape index (κ2) is 10.6. The van der Waals surface area contributed by atoms with Crippen molar-refractivity contribution < 1.29 is 48.3 Å². The van der Waals surface area contributed by atoms with Crippen LogP contribution in [0.4, 0.5) is 48.3 Å². The van der Waals surface area contributed by atoms with E-state index in [-0.39, 0.29) is 0 Å². The molecule has 0 amide bonds. The number of hydrogen-bond acceptors (Lipinski definition) is 0. The molecule has 0 aromatic heterocycles. The Kier molecular flexibility index (Phi) is 9.43. The lowest BCUT2D eigenvalue weighted by Gasteiger charge is -2.24. The van der Waals surface area contributed by atoms with E-state index in [9.17, 15) is 48.3 Å². The van der Waals surface area contributed by atoms with Crippen LogP contribution in [-0.4, -0.2) is 50.4 Å². The molecule has 1 rings (SSSR count). The van der Waals surface area contributed by atoms with Crippen LogP contribution < -0.4 is 5.30 Å². The first-order valence-corrected chi connectivity index (χ1v) is 9.91. The van der Waals surface area contributed by atoms with E-state index in [1.54, 1.807) is 0 Å². The lowest BCUT2D eigenvalue weighted by Crippen LogP contribution is -2.41. The fraction of sp³-hybridized carbons (Fsp3) is 0.625. The molecule has 162 valence electrons. The van der Waals surface area contributed by atoms with E-state index in [0.717, 1.165) is 6.66 Å². The summed E-state index contributed by atoms with van der Waals surface area (Å²) in [6.07, 6.45) is -17.6. The highest BCUT2D eigenvalue weighted by atomic mass is 31.1. The van der Waals surface area contributed by atoms with Gasteiger partial charge in [-0.3, -0.25) is 4.39 Å². The second-order valence-electron chi connectivity index (χ2n) is 6.00. The molecule has 6 unspecified atom stereocenters. The fourth-order valence-corrected chi connectivity index (χ4v) is 4.16. The Morgan fingerprint density at radius 3 is 1.57 bits per heavy atom. The van der Waals surface area contributed by atoms with Crippen LogP contribution in [0.15, 0.2) is 0 Å². The van der Waals surface area contributed by atoms with Gasteiger partial charge in [-0.2, -0.15) is 0 Å². The van der Waals surface area contributed by atoms with Gasteiger partial charge in [-0.25, -0.2) is 43.9 Å². The molecular formula is C16H16F11P. The smallest absolute Gasteiger partial charge is 0.200 e. The number of hydrogen-bond donors (Lipinski definition) is 0. The van der Waals surface area contributed by atoms with Crippen LogP contribution in [0.3, 0.4) is 0 Å². The quantitative estimate of drug-likeness (QED) is 0.190. The SMILES string of the molecule is CP(CC(F)C(F)C(F)C(F)C(F)CCCF)c1c(F)c(F)c(F)c(F)c1F. The van der Waals surface area contributed by atoms with E-state index >= 15 is 0 Å². The predicted molar refractivity (Wildman–Crippen MR) is 83.3 cm³/mol. The number of alkyl halides is 6. The lowest BCUT2D eigenvalue weighted by molar-refractivity contribution is 0.00365. The zero-order chi connectivity index (χ0) is 21.8. The molecule has 0 saturated heterocycles. The Hall–Kier alpha value is -1.12. The summed E-state index contributed by atoms with van der Waals surface area (Å²) in [6, 6.07) is 0. The van der Waals surface area contributed by atoms with Crippen LogP contribution in [-0.2, 0) is 0 Å². The van der Waals surface area contributed by atoms with E-state index in [4.69, 9.17) is 0 Å². The highest BCUT2D eigenvalue weighted by Crippen LogP contribution is 2.37. The molecule has 0 N–H and O–H groups in total. The van der Waals surface area contributed by atoms with Gasteiger partial charge in [-0.05, 0) is 19.5 Å². The Labute approximate surface area is 154 Å². The van der Waals surface area contributed by atoms with Gasteiger partial charge in [0.15, 0.2) is 41.8 Å². The molecule has 28 heavy (non-hydrogen) atoms. The van der Waals surface area contributed by atoms with Gasteiger partial charge < -0.3 is 0 Å². The van der Waals surface area contributed by atoms with Crippen LogP contribution in [0.2, 0.25) is 0 Å². The van der Waals surface area contributed by atoms with Gasteiger partial charge in [0, 0.05) is 6.16 Å². The van der Waals surface area contributed by atoms with Gasteiger partial charge in [0.1, 0.15) is 12.3 Å². The molecule has 12 heteroatoms. The van der Waals surface area contributed by atoms with E-state index in [2.05, 4.69) is 0 Å². The monoisotopic (exact) mass is 448 g/mol. The van der Waals surface area contributed by atoms with Crippen molar-refractivity contribution in [2.75, 3.05) is 19.5 Å². The Morgan fingerprint density at radius 2 is 1.11 bits per heavy atom. The maximum Gasteiger partial charge on any atom is 0.200 e. The van der Waals surface area contributed by atoms with Crippen LogP contribution in [0.1, 0.15) is 12.8 Å². The molecule has 0 aliphatic carbocycles. The van der Waals surface area contributed by atoms with Crippen molar-refractivity contribution in [3.05, 3.63) is 29.1 Å². The molecule has 0 bridgehead atoms. The van der Waals surface area contributed by atoms with Gasteiger partial charge in [0.25, 0.3) is 0 Å². The van der Waals surface area contributed by atoms with Crippen molar-refractivity contribution in [3.8, 4) is 0 Å². The van der Waals surface area contributed by atoms with Gasteiger partial charge in [0.2, 0.25) is 5.82 Å². The normalized spacial score (nSPS) is 18.4. The summed E-state index contributed by atoms with van der Waals surface area (Å²) in [5.41, 5.74) is 0. The molecule has 0 heterocycles. The molecule has 0 aliphatic heterocycles. The summed E-state index contributed by atoms with van der Waals surface area (Å²) in [5, 5.41) is -1.38.